The van der Waals surface area contributed by atoms with E-state index in [-0.39, 0.29) is 19.0 Å². The zero-order valence-electron chi connectivity index (χ0n) is 18.1. The van der Waals surface area contributed by atoms with E-state index in [1.54, 1.807) is 0 Å². The second-order valence-electron chi connectivity index (χ2n) is 7.96. The molecule has 34 heavy (non-hydrogen) atoms. The summed E-state index contributed by atoms with van der Waals surface area (Å²) >= 11 is 0. The smallest absolute Gasteiger partial charge is 0.389 e. The van der Waals surface area contributed by atoms with Gasteiger partial charge in [-0.1, -0.05) is 67.2 Å². The third-order valence-corrected chi connectivity index (χ3v) is 5.46. The lowest BCUT2D eigenvalue weighted by Gasteiger charge is -2.39. The van der Waals surface area contributed by atoms with Gasteiger partial charge in [0.15, 0.2) is 0 Å². The fourth-order valence-electron chi connectivity index (χ4n) is 3.51. The van der Waals surface area contributed by atoms with E-state index in [9.17, 15) is 40.2 Å². The zero-order chi connectivity index (χ0) is 25.6. The molecule has 2 nitrogen and oxygen atoms in total. The van der Waals surface area contributed by atoms with Gasteiger partial charge in [0.1, 0.15) is 0 Å². The van der Waals surface area contributed by atoms with Crippen LogP contribution in [0.5, 0.6) is 0 Å². The maximum atomic E-state index is 14.8. The normalized spacial score (nSPS) is 15.7. The summed E-state index contributed by atoms with van der Waals surface area (Å²) in [5.74, 6) is -13.0. The molecule has 188 valence electrons. The molecule has 2 atom stereocenters. The van der Waals surface area contributed by atoms with Crippen LogP contribution in [0.25, 0.3) is 0 Å². The monoisotopic (exact) mass is 495 g/mol. The van der Waals surface area contributed by atoms with Crippen LogP contribution in [0.3, 0.4) is 0 Å². The molecule has 0 aliphatic rings. The van der Waals surface area contributed by atoms with Crippen molar-refractivity contribution in [3.63, 3.8) is 0 Å². The number of aliphatic hydroxyl groups is 1. The summed E-state index contributed by atoms with van der Waals surface area (Å²) in [5, 5.41) is 9.98. The number of hydrogen-bond acceptors (Lipinski definition) is 2. The molecule has 0 aliphatic carbocycles. The highest BCUT2D eigenvalue weighted by Crippen LogP contribution is 2.54. The topological polar surface area (TPSA) is 23.5 Å². The minimum absolute atomic E-state index is 0.120. The highest BCUT2D eigenvalue weighted by atomic mass is 19.4. The Morgan fingerprint density at radius 1 is 0.765 bits per heavy atom. The number of halogens is 8. The van der Waals surface area contributed by atoms with Gasteiger partial charge in [-0.05, 0) is 36.6 Å². The molecule has 2 aromatic rings. The van der Waals surface area contributed by atoms with Gasteiger partial charge in [0.25, 0.3) is 0 Å². The van der Waals surface area contributed by atoms with E-state index in [2.05, 4.69) is 6.58 Å². The third kappa shape index (κ3) is 5.96. The molecule has 0 aromatic heterocycles. The van der Waals surface area contributed by atoms with Crippen LogP contribution < -0.4 is 0 Å². The maximum absolute atomic E-state index is 14.8. The van der Waals surface area contributed by atoms with Crippen molar-refractivity contribution >= 4 is 0 Å². The lowest BCUT2D eigenvalue weighted by molar-refractivity contribution is -0.380. The van der Waals surface area contributed by atoms with Crippen molar-refractivity contribution in [2.75, 3.05) is 6.54 Å². The molecule has 0 fully saturated rings. The largest absolute Gasteiger partial charge is 0.460 e. The number of benzene rings is 2. The van der Waals surface area contributed by atoms with Gasteiger partial charge in [-0.15, -0.1) is 0 Å². The molecule has 0 heterocycles. The van der Waals surface area contributed by atoms with Crippen molar-refractivity contribution in [2.45, 2.75) is 55.7 Å². The highest BCUT2D eigenvalue weighted by molar-refractivity contribution is 5.18. The van der Waals surface area contributed by atoms with Gasteiger partial charge in [-0.3, -0.25) is 4.90 Å². The predicted molar refractivity (Wildman–Crippen MR) is 112 cm³/mol. The van der Waals surface area contributed by atoms with Crippen molar-refractivity contribution < 1.29 is 40.2 Å². The van der Waals surface area contributed by atoms with Crippen LogP contribution in [0.2, 0.25) is 0 Å². The first-order valence-electron chi connectivity index (χ1n) is 10.4. The molecule has 0 saturated carbocycles. The third-order valence-electron chi connectivity index (χ3n) is 5.46. The van der Waals surface area contributed by atoms with Crippen molar-refractivity contribution in [3.8, 4) is 0 Å². The lowest BCUT2D eigenvalue weighted by Crippen LogP contribution is -2.65. The van der Waals surface area contributed by atoms with Crippen molar-refractivity contribution in [1.82, 2.24) is 4.90 Å². The van der Waals surface area contributed by atoms with Gasteiger partial charge in [0.05, 0.1) is 6.10 Å². The fraction of sp³-hybridized carbons (Fsp3) is 0.417. The molecule has 0 saturated heterocycles. The Hall–Kier alpha value is -2.46. The Bertz CT molecular complexity index is 863. The Balaban J connectivity index is 2.13. The van der Waals surface area contributed by atoms with Crippen molar-refractivity contribution in [3.05, 3.63) is 84.4 Å². The molecule has 0 radical (unpaired) electrons. The number of alkyl halides is 8. The van der Waals surface area contributed by atoms with E-state index in [0.717, 1.165) is 11.1 Å². The average molecular weight is 495 g/mol. The summed E-state index contributed by atoms with van der Waals surface area (Å²) in [6, 6.07) is 18.2. The minimum Gasteiger partial charge on any atom is -0.389 e. The van der Waals surface area contributed by atoms with Gasteiger partial charge in [-0.25, -0.2) is 4.39 Å². The molecule has 1 N–H and O–H groups in total. The van der Waals surface area contributed by atoms with Crippen LogP contribution >= 0.6 is 0 Å². The molecular weight excluding hydrogens is 470 g/mol. The van der Waals surface area contributed by atoms with Gasteiger partial charge in [-0.2, -0.15) is 30.7 Å². The van der Waals surface area contributed by atoms with Crippen molar-refractivity contribution in [2.24, 2.45) is 0 Å². The summed E-state index contributed by atoms with van der Waals surface area (Å²) in [6.07, 6.45) is -10.9. The second kappa shape index (κ2) is 10.9. The summed E-state index contributed by atoms with van der Waals surface area (Å²) in [6.45, 7) is 3.56. The van der Waals surface area contributed by atoms with E-state index in [1.807, 2.05) is 65.6 Å². The Morgan fingerprint density at radius 2 is 1.21 bits per heavy atom. The fourth-order valence-corrected chi connectivity index (χ4v) is 3.51. The zero-order valence-corrected chi connectivity index (χ0v) is 18.1. The molecular formula is C24H25F8NO. The number of nitrogens with zero attached hydrogens (tertiary/aromatic N) is 1. The average Bonchev–Trinajstić information content (AvgIpc) is 2.78. The van der Waals surface area contributed by atoms with Crippen LogP contribution in [0.4, 0.5) is 35.1 Å². The molecule has 10 heteroatoms. The second-order valence-corrected chi connectivity index (χ2v) is 7.96. The van der Waals surface area contributed by atoms with Crippen LogP contribution in [0.1, 0.15) is 24.0 Å². The molecule has 0 aliphatic heterocycles. The summed E-state index contributed by atoms with van der Waals surface area (Å²) in [7, 11) is 0. The first-order chi connectivity index (χ1) is 15.8. The van der Waals surface area contributed by atoms with Crippen LogP contribution in [-0.4, -0.2) is 46.3 Å². The Labute approximate surface area is 192 Å². The molecule has 0 unspecified atom stereocenters. The van der Waals surface area contributed by atoms with E-state index < -0.39 is 36.2 Å². The predicted octanol–water partition coefficient (Wildman–Crippen LogP) is 6.56. The maximum Gasteiger partial charge on any atom is 0.460 e. The van der Waals surface area contributed by atoms with Crippen LogP contribution in [0.15, 0.2) is 73.3 Å². The van der Waals surface area contributed by atoms with Crippen LogP contribution in [0, 0.1) is 0 Å². The Kier molecular flexibility index (Phi) is 8.87. The standard InChI is InChI=1S/C24H25F8NO/c1-2-21(25,22(26,27)23(28,29)24(30,31)32)20(34)14-9-15-33(16-18-10-5-3-6-11-18)17-19-12-7-4-8-13-19/h2-8,10-13,20,34H,1,9,14-17H2/t20-,21+/m0/s1. The number of aliphatic hydroxyl groups excluding tert-OH is 1. The van der Waals surface area contributed by atoms with Crippen molar-refractivity contribution in [1.29, 1.82) is 0 Å². The minimum atomic E-state index is -6.72. The number of hydrogen-bond donors (Lipinski definition) is 1. The van der Waals surface area contributed by atoms with E-state index in [4.69, 9.17) is 0 Å². The first kappa shape index (κ1) is 27.8. The summed E-state index contributed by atoms with van der Waals surface area (Å²) in [5.41, 5.74) is -2.89. The van der Waals surface area contributed by atoms with Gasteiger partial charge in [0, 0.05) is 13.1 Å². The molecule has 0 amide bonds. The highest BCUT2D eigenvalue weighted by Gasteiger charge is 2.81. The lowest BCUT2D eigenvalue weighted by atomic mass is 9.84. The quantitative estimate of drug-likeness (QED) is 0.266. The van der Waals surface area contributed by atoms with Gasteiger partial charge in [0.2, 0.25) is 5.67 Å². The molecule has 0 spiro atoms. The SMILES string of the molecule is C=C[C@@](F)([C@@H](O)CCCN(Cc1ccccc1)Cc1ccccc1)C(F)(F)C(F)(F)C(F)(F)F. The van der Waals surface area contributed by atoms with Crippen LogP contribution in [-0.2, 0) is 13.1 Å². The van der Waals surface area contributed by atoms with Gasteiger partial charge >= 0.3 is 18.0 Å². The summed E-state index contributed by atoms with van der Waals surface area (Å²) in [4.78, 5) is 1.85. The van der Waals surface area contributed by atoms with E-state index in [0.29, 0.717) is 13.1 Å². The molecule has 0 bridgehead atoms. The number of rotatable bonds is 12. The molecule has 2 aromatic carbocycles. The summed E-state index contributed by atoms with van der Waals surface area (Å²) < 4.78 is 107. The van der Waals surface area contributed by atoms with E-state index >= 15 is 0 Å². The Morgan fingerprint density at radius 3 is 1.59 bits per heavy atom. The van der Waals surface area contributed by atoms with E-state index in [1.165, 1.54) is 0 Å². The first-order valence-corrected chi connectivity index (χ1v) is 10.4. The van der Waals surface area contributed by atoms with Gasteiger partial charge < -0.3 is 5.11 Å². The molecule has 2 rings (SSSR count).